The number of hydrogen-bond donors (Lipinski definition) is 2. The van der Waals surface area contributed by atoms with Gasteiger partial charge in [-0.2, -0.15) is 0 Å². The number of urea groups is 1. The number of benzene rings is 2. The number of halogens is 2. The Labute approximate surface area is 143 Å². The average molecular weight is 345 g/mol. The van der Waals surface area contributed by atoms with Gasteiger partial charge >= 0.3 is 6.03 Å². The normalized spacial score (nSPS) is 14.0. The number of rotatable bonds is 3. The molecule has 5 nitrogen and oxygen atoms in total. The highest BCUT2D eigenvalue weighted by molar-refractivity contribution is 6.01. The summed E-state index contributed by atoms with van der Waals surface area (Å²) >= 11 is 0. The van der Waals surface area contributed by atoms with E-state index in [1.165, 1.54) is 0 Å². The van der Waals surface area contributed by atoms with Gasteiger partial charge in [0.05, 0.1) is 5.69 Å². The largest absolute Gasteiger partial charge is 0.326 e. The maximum absolute atomic E-state index is 13.6. The Morgan fingerprint density at radius 3 is 2.68 bits per heavy atom. The molecule has 0 aliphatic carbocycles. The molecule has 1 aliphatic rings. The van der Waals surface area contributed by atoms with Crippen LogP contribution in [0.25, 0.3) is 0 Å². The zero-order valence-electron chi connectivity index (χ0n) is 13.6. The van der Waals surface area contributed by atoms with E-state index in [0.29, 0.717) is 12.6 Å². The van der Waals surface area contributed by atoms with Crippen LogP contribution < -0.4 is 15.5 Å². The third kappa shape index (κ3) is 3.60. The molecule has 2 aromatic carbocycles. The minimum Gasteiger partial charge on any atom is -0.326 e. The first-order chi connectivity index (χ1) is 12.0. The van der Waals surface area contributed by atoms with Crippen LogP contribution in [0.2, 0.25) is 0 Å². The second kappa shape index (κ2) is 6.88. The molecule has 0 radical (unpaired) electrons. The van der Waals surface area contributed by atoms with Gasteiger partial charge in [0, 0.05) is 18.3 Å². The van der Waals surface area contributed by atoms with Crippen LogP contribution >= 0.6 is 0 Å². The molecular formula is C18H17F2N3O2. The van der Waals surface area contributed by atoms with E-state index in [-0.39, 0.29) is 11.6 Å². The van der Waals surface area contributed by atoms with E-state index < -0.39 is 23.7 Å². The molecule has 1 atom stereocenters. The Morgan fingerprint density at radius 2 is 1.92 bits per heavy atom. The van der Waals surface area contributed by atoms with Gasteiger partial charge in [-0.15, -0.1) is 0 Å². The number of fused-ring (bicyclic) bond motifs is 1. The van der Waals surface area contributed by atoms with Crippen LogP contribution in [0.3, 0.4) is 0 Å². The number of carbonyl (C=O) groups excluding carboxylic acids is 2. The van der Waals surface area contributed by atoms with Crippen LogP contribution in [-0.4, -0.2) is 24.5 Å². The maximum Gasteiger partial charge on any atom is 0.319 e. The van der Waals surface area contributed by atoms with E-state index in [1.54, 1.807) is 11.8 Å². The number of nitrogens with zero attached hydrogens (tertiary/aromatic N) is 1. The summed E-state index contributed by atoms with van der Waals surface area (Å²) in [6, 6.07) is 8.89. The highest BCUT2D eigenvalue weighted by Gasteiger charge is 2.28. The van der Waals surface area contributed by atoms with E-state index in [2.05, 4.69) is 10.6 Å². The molecule has 0 unspecified atom stereocenters. The number of hydrogen-bond acceptors (Lipinski definition) is 2. The predicted octanol–water partition coefficient (Wildman–Crippen LogP) is 3.06. The van der Waals surface area contributed by atoms with Crippen molar-refractivity contribution in [3.63, 3.8) is 0 Å². The standard InChI is InChI=1S/C18H17F2N3O2/c1-11(17(24)23-9-8-12-4-2-3-5-16(12)23)21-18(25)22-15-7-6-13(19)10-14(15)20/h2-7,10-11H,8-9H2,1H3,(H2,21,22,25)/t11-/m1/s1. The van der Waals surface area contributed by atoms with Crippen molar-refractivity contribution in [2.75, 3.05) is 16.8 Å². The number of para-hydroxylation sites is 1. The molecule has 0 saturated carbocycles. The lowest BCUT2D eigenvalue weighted by molar-refractivity contribution is -0.119. The molecule has 0 bridgehead atoms. The Hall–Kier alpha value is -2.96. The molecule has 7 heteroatoms. The first kappa shape index (κ1) is 16.9. The van der Waals surface area contributed by atoms with Crippen LogP contribution in [0.5, 0.6) is 0 Å². The Morgan fingerprint density at radius 1 is 1.16 bits per heavy atom. The quantitative estimate of drug-likeness (QED) is 0.898. The van der Waals surface area contributed by atoms with Crippen molar-refractivity contribution in [2.24, 2.45) is 0 Å². The topological polar surface area (TPSA) is 61.4 Å². The van der Waals surface area contributed by atoms with E-state index in [4.69, 9.17) is 0 Å². The third-order valence-corrected chi connectivity index (χ3v) is 4.05. The molecule has 2 N–H and O–H groups in total. The molecule has 0 fully saturated rings. The van der Waals surface area contributed by atoms with E-state index in [9.17, 15) is 18.4 Å². The summed E-state index contributed by atoms with van der Waals surface area (Å²) in [5.41, 5.74) is 1.76. The summed E-state index contributed by atoms with van der Waals surface area (Å²) in [6.45, 7) is 2.11. The smallest absolute Gasteiger partial charge is 0.319 e. The van der Waals surface area contributed by atoms with Crippen molar-refractivity contribution >= 4 is 23.3 Å². The van der Waals surface area contributed by atoms with Gasteiger partial charge in [0.25, 0.3) is 0 Å². The highest BCUT2D eigenvalue weighted by Crippen LogP contribution is 2.27. The molecule has 1 aliphatic heterocycles. The number of anilines is 2. The zero-order chi connectivity index (χ0) is 18.0. The average Bonchev–Trinajstić information content (AvgIpc) is 3.00. The van der Waals surface area contributed by atoms with Gasteiger partial charge < -0.3 is 15.5 Å². The fraction of sp³-hybridized carbons (Fsp3) is 0.222. The number of carbonyl (C=O) groups is 2. The predicted molar refractivity (Wildman–Crippen MR) is 90.5 cm³/mol. The summed E-state index contributed by atoms with van der Waals surface area (Å²) in [7, 11) is 0. The van der Waals surface area contributed by atoms with Crippen molar-refractivity contribution in [1.82, 2.24) is 5.32 Å². The van der Waals surface area contributed by atoms with Crippen LogP contribution in [0.4, 0.5) is 25.0 Å². The van der Waals surface area contributed by atoms with Crippen LogP contribution in [0.1, 0.15) is 12.5 Å². The molecule has 0 saturated heterocycles. The Bertz CT molecular complexity index is 826. The van der Waals surface area contributed by atoms with Gasteiger partial charge in [0.2, 0.25) is 5.91 Å². The van der Waals surface area contributed by atoms with Crippen molar-refractivity contribution in [2.45, 2.75) is 19.4 Å². The molecule has 0 spiro atoms. The van der Waals surface area contributed by atoms with Gasteiger partial charge in [-0.05, 0) is 37.1 Å². The zero-order valence-corrected chi connectivity index (χ0v) is 13.6. The number of amides is 3. The number of nitrogens with one attached hydrogen (secondary N) is 2. The first-order valence-electron chi connectivity index (χ1n) is 7.87. The fourth-order valence-electron chi connectivity index (χ4n) is 2.81. The monoisotopic (exact) mass is 345 g/mol. The molecule has 3 amide bonds. The van der Waals surface area contributed by atoms with Crippen LogP contribution in [-0.2, 0) is 11.2 Å². The van der Waals surface area contributed by atoms with Crippen molar-refractivity contribution in [3.05, 3.63) is 59.7 Å². The lowest BCUT2D eigenvalue weighted by Crippen LogP contribution is -2.47. The van der Waals surface area contributed by atoms with Crippen molar-refractivity contribution in [1.29, 1.82) is 0 Å². The molecule has 2 aromatic rings. The van der Waals surface area contributed by atoms with Gasteiger partial charge in [-0.3, -0.25) is 4.79 Å². The Kier molecular flexibility index (Phi) is 4.65. The SMILES string of the molecule is C[C@@H](NC(=O)Nc1ccc(F)cc1F)C(=O)N1CCc2ccccc21. The van der Waals surface area contributed by atoms with Gasteiger partial charge in [-0.1, -0.05) is 18.2 Å². The van der Waals surface area contributed by atoms with Crippen LogP contribution in [0, 0.1) is 11.6 Å². The summed E-state index contributed by atoms with van der Waals surface area (Å²) in [6.07, 6.45) is 0.765. The molecule has 25 heavy (non-hydrogen) atoms. The summed E-state index contributed by atoms with van der Waals surface area (Å²) in [5, 5.41) is 4.75. The molecular weight excluding hydrogens is 328 g/mol. The van der Waals surface area contributed by atoms with Gasteiger partial charge in [0.1, 0.15) is 17.7 Å². The van der Waals surface area contributed by atoms with Gasteiger partial charge in [0.15, 0.2) is 0 Å². The second-order valence-electron chi connectivity index (χ2n) is 5.81. The summed E-state index contributed by atoms with van der Waals surface area (Å²) < 4.78 is 26.4. The third-order valence-electron chi connectivity index (χ3n) is 4.05. The fourth-order valence-corrected chi connectivity index (χ4v) is 2.81. The minimum atomic E-state index is -0.886. The molecule has 3 rings (SSSR count). The maximum atomic E-state index is 13.6. The molecule has 0 aromatic heterocycles. The van der Waals surface area contributed by atoms with E-state index >= 15 is 0 Å². The highest BCUT2D eigenvalue weighted by atomic mass is 19.1. The molecule has 1 heterocycles. The summed E-state index contributed by atoms with van der Waals surface area (Å²) in [5.74, 6) is -1.87. The summed E-state index contributed by atoms with van der Waals surface area (Å²) in [4.78, 5) is 26.2. The van der Waals surface area contributed by atoms with E-state index in [0.717, 1.165) is 29.8 Å². The minimum absolute atomic E-state index is 0.162. The van der Waals surface area contributed by atoms with E-state index in [1.807, 2.05) is 24.3 Å². The first-order valence-corrected chi connectivity index (χ1v) is 7.87. The van der Waals surface area contributed by atoms with Crippen molar-refractivity contribution in [3.8, 4) is 0 Å². The van der Waals surface area contributed by atoms with Crippen molar-refractivity contribution < 1.29 is 18.4 Å². The van der Waals surface area contributed by atoms with Crippen LogP contribution in [0.15, 0.2) is 42.5 Å². The van der Waals surface area contributed by atoms with Gasteiger partial charge in [-0.25, -0.2) is 13.6 Å². The second-order valence-corrected chi connectivity index (χ2v) is 5.81. The molecule has 130 valence electrons. The lowest BCUT2D eigenvalue weighted by Gasteiger charge is -2.22. The Balaban J connectivity index is 1.63. The lowest BCUT2D eigenvalue weighted by atomic mass is 10.2.